The number of halogens is 1. The molecule has 0 spiro atoms. The van der Waals surface area contributed by atoms with Gasteiger partial charge in [-0.3, -0.25) is 4.57 Å². The molecule has 0 saturated carbocycles. The minimum atomic E-state index is 0.621. The van der Waals surface area contributed by atoms with Gasteiger partial charge < -0.3 is 10.3 Å². The summed E-state index contributed by atoms with van der Waals surface area (Å²) in [5, 5.41) is 4.48. The molecule has 4 rings (SSSR count). The summed E-state index contributed by atoms with van der Waals surface area (Å²) in [5.74, 6) is 1.47. The van der Waals surface area contributed by atoms with Crippen molar-refractivity contribution >= 4 is 39.4 Å². The van der Waals surface area contributed by atoms with E-state index in [1.807, 2.05) is 18.3 Å². The standard InChI is InChI=1S/C17H15IN6/c18-14-10-24(15-4-2-1-3-13(14)15)16-6-8-21-17(23-16)20-7-5-12-9-19-11-22-12/h1-4,6,8-11H,5,7H2,(H,19,22)(H,20,21,23). The first kappa shape index (κ1) is 15.1. The molecule has 2 N–H and O–H groups in total. The smallest absolute Gasteiger partial charge is 0.224 e. The molecule has 1 aromatic carbocycles. The number of hydrogen-bond donors (Lipinski definition) is 2. The van der Waals surface area contributed by atoms with Crippen LogP contribution in [0.4, 0.5) is 5.95 Å². The number of nitrogens with zero attached hydrogens (tertiary/aromatic N) is 4. The van der Waals surface area contributed by atoms with Gasteiger partial charge in [0.2, 0.25) is 5.95 Å². The van der Waals surface area contributed by atoms with Crippen LogP contribution in [0.3, 0.4) is 0 Å². The molecule has 0 bridgehead atoms. The highest BCUT2D eigenvalue weighted by Crippen LogP contribution is 2.25. The van der Waals surface area contributed by atoms with E-state index < -0.39 is 0 Å². The summed E-state index contributed by atoms with van der Waals surface area (Å²) in [4.78, 5) is 16.1. The molecule has 4 aromatic rings. The Morgan fingerprint density at radius 3 is 2.96 bits per heavy atom. The largest absolute Gasteiger partial charge is 0.354 e. The van der Waals surface area contributed by atoms with Crippen LogP contribution in [-0.4, -0.2) is 31.0 Å². The number of benzene rings is 1. The lowest BCUT2D eigenvalue weighted by atomic mass is 10.2. The van der Waals surface area contributed by atoms with Gasteiger partial charge in [-0.1, -0.05) is 18.2 Å². The SMILES string of the molecule is Ic1cn(-c2ccnc(NCCc3c[nH]cn3)n2)c2ccccc12. The number of fused-ring (bicyclic) bond motifs is 1. The van der Waals surface area contributed by atoms with Crippen molar-refractivity contribution in [1.82, 2.24) is 24.5 Å². The monoisotopic (exact) mass is 430 g/mol. The summed E-state index contributed by atoms with van der Waals surface area (Å²) in [7, 11) is 0. The summed E-state index contributed by atoms with van der Waals surface area (Å²) in [6.07, 6.45) is 8.28. The lowest BCUT2D eigenvalue weighted by molar-refractivity contribution is 0.938. The number of aromatic nitrogens is 5. The van der Waals surface area contributed by atoms with E-state index in [0.29, 0.717) is 5.95 Å². The molecule has 24 heavy (non-hydrogen) atoms. The Labute approximate surface area is 152 Å². The number of hydrogen-bond acceptors (Lipinski definition) is 4. The molecule has 0 amide bonds. The second-order valence-electron chi connectivity index (χ2n) is 5.34. The zero-order valence-corrected chi connectivity index (χ0v) is 14.9. The highest BCUT2D eigenvalue weighted by Gasteiger charge is 2.09. The first-order valence-electron chi connectivity index (χ1n) is 7.62. The van der Waals surface area contributed by atoms with Crippen molar-refractivity contribution in [3.8, 4) is 5.82 Å². The van der Waals surface area contributed by atoms with Gasteiger partial charge in [0.1, 0.15) is 5.82 Å². The maximum atomic E-state index is 4.63. The fourth-order valence-corrected chi connectivity index (χ4v) is 3.36. The minimum Gasteiger partial charge on any atom is -0.354 e. The molecule has 0 fully saturated rings. The van der Waals surface area contributed by atoms with E-state index in [1.54, 1.807) is 12.5 Å². The molecule has 0 aliphatic rings. The molecule has 0 aliphatic carbocycles. The van der Waals surface area contributed by atoms with Gasteiger partial charge in [0.25, 0.3) is 0 Å². The zero-order valence-electron chi connectivity index (χ0n) is 12.8. The Bertz CT molecular complexity index is 960. The molecule has 0 unspecified atom stereocenters. The molecular formula is C17H15IN6. The molecular weight excluding hydrogens is 415 g/mol. The van der Waals surface area contributed by atoms with Crippen LogP contribution >= 0.6 is 22.6 Å². The van der Waals surface area contributed by atoms with Gasteiger partial charge in [-0.25, -0.2) is 9.97 Å². The van der Waals surface area contributed by atoms with Gasteiger partial charge in [0.05, 0.1) is 17.5 Å². The number of anilines is 1. The molecule has 7 heteroatoms. The zero-order chi connectivity index (χ0) is 16.4. The summed E-state index contributed by atoms with van der Waals surface area (Å²) in [6.45, 7) is 0.734. The average Bonchev–Trinajstić information content (AvgIpc) is 3.24. The lowest BCUT2D eigenvalue weighted by Crippen LogP contribution is -2.09. The van der Waals surface area contributed by atoms with Gasteiger partial charge in [-0.2, -0.15) is 4.98 Å². The van der Waals surface area contributed by atoms with Crippen molar-refractivity contribution in [2.45, 2.75) is 6.42 Å². The lowest BCUT2D eigenvalue weighted by Gasteiger charge is -2.07. The van der Waals surface area contributed by atoms with Crippen molar-refractivity contribution < 1.29 is 0 Å². The minimum absolute atomic E-state index is 0.621. The van der Waals surface area contributed by atoms with Crippen molar-refractivity contribution in [1.29, 1.82) is 0 Å². The Morgan fingerprint density at radius 2 is 2.08 bits per heavy atom. The maximum absolute atomic E-state index is 4.63. The quantitative estimate of drug-likeness (QED) is 0.477. The van der Waals surface area contributed by atoms with Crippen LogP contribution < -0.4 is 5.32 Å². The fraction of sp³-hybridized carbons (Fsp3) is 0.118. The van der Waals surface area contributed by atoms with Gasteiger partial charge in [0.15, 0.2) is 0 Å². The molecule has 120 valence electrons. The molecule has 0 atom stereocenters. The van der Waals surface area contributed by atoms with E-state index in [9.17, 15) is 0 Å². The molecule has 3 aromatic heterocycles. The fourth-order valence-electron chi connectivity index (χ4n) is 2.63. The van der Waals surface area contributed by atoms with Crippen molar-refractivity contribution in [3.05, 3.63) is 64.5 Å². The Morgan fingerprint density at radius 1 is 1.17 bits per heavy atom. The van der Waals surface area contributed by atoms with Gasteiger partial charge in [-0.05, 0) is 34.7 Å². The van der Waals surface area contributed by atoms with Gasteiger partial charge >= 0.3 is 0 Å². The highest BCUT2D eigenvalue weighted by molar-refractivity contribution is 14.1. The second kappa shape index (κ2) is 6.60. The molecule has 0 aliphatic heterocycles. The first-order valence-corrected chi connectivity index (χ1v) is 8.70. The van der Waals surface area contributed by atoms with Crippen LogP contribution in [0.15, 0.2) is 55.2 Å². The highest BCUT2D eigenvalue weighted by atomic mass is 127. The summed E-state index contributed by atoms with van der Waals surface area (Å²) in [6, 6.07) is 10.2. The Kier molecular flexibility index (Phi) is 4.16. The number of para-hydroxylation sites is 1. The van der Waals surface area contributed by atoms with Crippen LogP contribution in [-0.2, 0) is 6.42 Å². The Balaban J connectivity index is 1.57. The summed E-state index contributed by atoms with van der Waals surface area (Å²) in [5.41, 5.74) is 2.16. The number of H-pyrrole nitrogens is 1. The van der Waals surface area contributed by atoms with E-state index >= 15 is 0 Å². The van der Waals surface area contributed by atoms with E-state index in [-0.39, 0.29) is 0 Å². The third kappa shape index (κ3) is 2.99. The normalized spacial score (nSPS) is 11.0. The Hall–Kier alpha value is -2.42. The number of nitrogens with one attached hydrogen (secondary N) is 2. The van der Waals surface area contributed by atoms with Crippen LogP contribution in [0, 0.1) is 3.57 Å². The van der Waals surface area contributed by atoms with Crippen molar-refractivity contribution in [2.75, 3.05) is 11.9 Å². The summed E-state index contributed by atoms with van der Waals surface area (Å²) < 4.78 is 3.30. The van der Waals surface area contributed by atoms with Crippen LogP contribution in [0.5, 0.6) is 0 Å². The van der Waals surface area contributed by atoms with E-state index in [0.717, 1.165) is 30.0 Å². The van der Waals surface area contributed by atoms with Crippen LogP contribution in [0.25, 0.3) is 16.7 Å². The van der Waals surface area contributed by atoms with Crippen molar-refractivity contribution in [3.63, 3.8) is 0 Å². The van der Waals surface area contributed by atoms with E-state index in [4.69, 9.17) is 0 Å². The first-order chi connectivity index (χ1) is 11.8. The van der Waals surface area contributed by atoms with Crippen LogP contribution in [0.1, 0.15) is 5.69 Å². The number of imidazole rings is 1. The van der Waals surface area contributed by atoms with Crippen molar-refractivity contribution in [2.24, 2.45) is 0 Å². The van der Waals surface area contributed by atoms with E-state index in [1.165, 1.54) is 8.96 Å². The third-order valence-electron chi connectivity index (χ3n) is 3.77. The second-order valence-corrected chi connectivity index (χ2v) is 6.50. The predicted molar refractivity (Wildman–Crippen MR) is 102 cm³/mol. The predicted octanol–water partition coefficient (Wildman–Crippen LogP) is 3.40. The molecule has 0 saturated heterocycles. The topological polar surface area (TPSA) is 71.4 Å². The maximum Gasteiger partial charge on any atom is 0.224 e. The summed E-state index contributed by atoms with van der Waals surface area (Å²) >= 11 is 2.35. The van der Waals surface area contributed by atoms with Gasteiger partial charge in [-0.15, -0.1) is 0 Å². The molecule has 0 radical (unpaired) electrons. The van der Waals surface area contributed by atoms with E-state index in [2.05, 4.69) is 76.8 Å². The average molecular weight is 430 g/mol. The molecule has 3 heterocycles. The number of rotatable bonds is 5. The van der Waals surface area contributed by atoms with Crippen LogP contribution in [0.2, 0.25) is 0 Å². The van der Waals surface area contributed by atoms with Gasteiger partial charge in [0, 0.05) is 40.5 Å². The number of aromatic amines is 1. The third-order valence-corrected chi connectivity index (χ3v) is 4.63. The molecule has 6 nitrogen and oxygen atoms in total.